The van der Waals surface area contributed by atoms with Crippen molar-refractivity contribution >= 4 is 23.5 Å². The third kappa shape index (κ3) is 2.97. The largest absolute Gasteiger partial charge is 0.317 e. The maximum absolute atomic E-state index is 12.2. The van der Waals surface area contributed by atoms with Gasteiger partial charge >= 0.3 is 0 Å². The highest BCUT2D eigenvalue weighted by Gasteiger charge is 2.34. The van der Waals surface area contributed by atoms with E-state index in [0.29, 0.717) is 5.15 Å². The number of piperidine rings is 1. The summed E-state index contributed by atoms with van der Waals surface area (Å²) in [6.07, 6.45) is 1.64. The van der Waals surface area contributed by atoms with E-state index in [0.717, 1.165) is 31.6 Å². The van der Waals surface area contributed by atoms with E-state index < -0.39 is 0 Å². The Hall–Kier alpha value is -1.20. The van der Waals surface area contributed by atoms with Crippen molar-refractivity contribution in [2.75, 3.05) is 18.4 Å². The summed E-state index contributed by atoms with van der Waals surface area (Å²) >= 11 is 5.84. The van der Waals surface area contributed by atoms with E-state index in [1.54, 1.807) is 6.07 Å². The number of nitrogens with one attached hydrogen (secondary N) is 2. The molecule has 2 rings (SSSR count). The second-order valence-corrected chi connectivity index (χ2v) is 5.31. The Morgan fingerprint density at radius 2 is 2.11 bits per heavy atom. The molecule has 0 aromatic carbocycles. The first-order valence-corrected chi connectivity index (χ1v) is 6.41. The Bertz CT molecular complexity index is 437. The Labute approximate surface area is 111 Å². The van der Waals surface area contributed by atoms with Gasteiger partial charge in [-0.15, -0.1) is 0 Å². The molecule has 5 nitrogen and oxygen atoms in total. The predicted molar refractivity (Wildman–Crippen MR) is 70.6 cm³/mol. The van der Waals surface area contributed by atoms with Gasteiger partial charge in [-0.1, -0.05) is 18.5 Å². The van der Waals surface area contributed by atoms with Crippen LogP contribution in [-0.2, 0) is 4.79 Å². The summed E-state index contributed by atoms with van der Waals surface area (Å²) in [7, 11) is 0. The lowest BCUT2D eigenvalue weighted by Crippen LogP contribution is -2.43. The monoisotopic (exact) mass is 268 g/mol. The molecular formula is C12H17ClN4O. The molecule has 1 amide bonds. The summed E-state index contributed by atoms with van der Waals surface area (Å²) in [4.78, 5) is 20.4. The minimum absolute atomic E-state index is 0.0364. The fourth-order valence-corrected chi connectivity index (χ4v) is 2.28. The minimum atomic E-state index is -0.356. The molecular weight excluding hydrogens is 252 g/mol. The quantitative estimate of drug-likeness (QED) is 0.802. The van der Waals surface area contributed by atoms with Crippen molar-refractivity contribution in [1.29, 1.82) is 0 Å². The number of aromatic nitrogens is 2. The number of aryl methyl sites for hydroxylation is 1. The third-order valence-electron chi connectivity index (χ3n) is 3.30. The molecule has 18 heavy (non-hydrogen) atoms. The number of amides is 1. The SMILES string of the molecule is Cc1cc(Cl)nc(NC(=O)C2(C)CCNCC2)n1. The van der Waals surface area contributed by atoms with E-state index in [1.807, 2.05) is 13.8 Å². The van der Waals surface area contributed by atoms with Gasteiger partial charge in [0.05, 0.1) is 0 Å². The van der Waals surface area contributed by atoms with E-state index in [-0.39, 0.29) is 17.3 Å². The molecule has 98 valence electrons. The molecule has 0 aliphatic carbocycles. The van der Waals surface area contributed by atoms with Crippen molar-refractivity contribution in [2.45, 2.75) is 26.7 Å². The van der Waals surface area contributed by atoms with Crippen LogP contribution in [-0.4, -0.2) is 29.0 Å². The standard InChI is InChI=1S/C12H17ClN4O/c1-8-7-9(13)16-11(15-8)17-10(18)12(2)3-5-14-6-4-12/h7,14H,3-6H2,1-2H3,(H,15,16,17,18). The summed E-state index contributed by atoms with van der Waals surface area (Å²) in [5.41, 5.74) is 0.381. The normalized spacial score (nSPS) is 18.4. The topological polar surface area (TPSA) is 66.9 Å². The molecule has 0 bridgehead atoms. The Morgan fingerprint density at radius 3 is 2.72 bits per heavy atom. The van der Waals surface area contributed by atoms with Crippen LogP contribution < -0.4 is 10.6 Å². The van der Waals surface area contributed by atoms with Crippen molar-refractivity contribution in [3.63, 3.8) is 0 Å². The molecule has 1 fully saturated rings. The average molecular weight is 269 g/mol. The first-order chi connectivity index (χ1) is 8.49. The van der Waals surface area contributed by atoms with E-state index in [2.05, 4.69) is 20.6 Å². The number of hydrogen-bond acceptors (Lipinski definition) is 4. The van der Waals surface area contributed by atoms with Crippen LogP contribution >= 0.6 is 11.6 Å². The first-order valence-electron chi connectivity index (χ1n) is 6.03. The second kappa shape index (κ2) is 5.20. The molecule has 1 aliphatic heterocycles. The number of anilines is 1. The van der Waals surface area contributed by atoms with E-state index in [4.69, 9.17) is 11.6 Å². The van der Waals surface area contributed by atoms with Crippen molar-refractivity contribution in [3.8, 4) is 0 Å². The van der Waals surface area contributed by atoms with Crippen LogP contribution in [0, 0.1) is 12.3 Å². The number of hydrogen-bond donors (Lipinski definition) is 2. The summed E-state index contributed by atoms with van der Waals surface area (Å²) in [6, 6.07) is 1.66. The van der Waals surface area contributed by atoms with Gasteiger partial charge in [-0.05, 0) is 38.9 Å². The zero-order valence-corrected chi connectivity index (χ0v) is 11.3. The Balaban J connectivity index is 2.10. The van der Waals surface area contributed by atoms with Gasteiger partial charge in [-0.2, -0.15) is 0 Å². The van der Waals surface area contributed by atoms with Crippen LogP contribution in [0.3, 0.4) is 0 Å². The number of rotatable bonds is 2. The molecule has 0 radical (unpaired) electrons. The highest BCUT2D eigenvalue weighted by molar-refractivity contribution is 6.29. The van der Waals surface area contributed by atoms with Gasteiger partial charge in [0.1, 0.15) is 5.15 Å². The number of carbonyl (C=O) groups is 1. The summed E-state index contributed by atoms with van der Waals surface area (Å²) in [5, 5.41) is 6.35. The number of carbonyl (C=O) groups excluding carboxylic acids is 1. The van der Waals surface area contributed by atoms with Gasteiger partial charge in [0.25, 0.3) is 0 Å². The molecule has 1 aromatic heterocycles. The predicted octanol–water partition coefficient (Wildman–Crippen LogP) is 1.77. The lowest BCUT2D eigenvalue weighted by Gasteiger charge is -2.32. The molecule has 0 saturated carbocycles. The summed E-state index contributed by atoms with van der Waals surface area (Å²) < 4.78 is 0. The number of nitrogens with zero attached hydrogens (tertiary/aromatic N) is 2. The third-order valence-corrected chi connectivity index (χ3v) is 3.50. The molecule has 1 saturated heterocycles. The Morgan fingerprint density at radius 1 is 1.44 bits per heavy atom. The smallest absolute Gasteiger partial charge is 0.232 e. The van der Waals surface area contributed by atoms with Crippen molar-refractivity contribution < 1.29 is 4.79 Å². The Kier molecular flexibility index (Phi) is 3.82. The first kappa shape index (κ1) is 13.2. The summed E-state index contributed by atoms with van der Waals surface area (Å²) in [5.74, 6) is 0.246. The fourth-order valence-electron chi connectivity index (χ4n) is 2.04. The van der Waals surface area contributed by atoms with Crippen LogP contribution in [0.1, 0.15) is 25.5 Å². The van der Waals surface area contributed by atoms with Gasteiger partial charge in [0.2, 0.25) is 11.9 Å². The maximum atomic E-state index is 12.2. The zero-order chi connectivity index (χ0) is 13.2. The maximum Gasteiger partial charge on any atom is 0.232 e. The molecule has 2 heterocycles. The molecule has 2 N–H and O–H groups in total. The highest BCUT2D eigenvalue weighted by atomic mass is 35.5. The lowest BCUT2D eigenvalue weighted by molar-refractivity contribution is -0.126. The van der Waals surface area contributed by atoms with Crippen LogP contribution in [0.25, 0.3) is 0 Å². The van der Waals surface area contributed by atoms with E-state index in [1.165, 1.54) is 0 Å². The van der Waals surface area contributed by atoms with Crippen LogP contribution in [0.15, 0.2) is 6.07 Å². The van der Waals surface area contributed by atoms with Gasteiger partial charge in [0.15, 0.2) is 0 Å². The van der Waals surface area contributed by atoms with Crippen molar-refractivity contribution in [3.05, 3.63) is 16.9 Å². The van der Waals surface area contributed by atoms with E-state index >= 15 is 0 Å². The molecule has 1 aliphatic rings. The van der Waals surface area contributed by atoms with Crippen LogP contribution in [0.4, 0.5) is 5.95 Å². The molecule has 0 spiro atoms. The fraction of sp³-hybridized carbons (Fsp3) is 0.583. The second-order valence-electron chi connectivity index (χ2n) is 4.92. The molecule has 6 heteroatoms. The minimum Gasteiger partial charge on any atom is -0.317 e. The van der Waals surface area contributed by atoms with E-state index in [9.17, 15) is 4.79 Å². The van der Waals surface area contributed by atoms with Crippen LogP contribution in [0.2, 0.25) is 5.15 Å². The van der Waals surface area contributed by atoms with Gasteiger partial charge in [0, 0.05) is 11.1 Å². The highest BCUT2D eigenvalue weighted by Crippen LogP contribution is 2.29. The molecule has 0 unspecified atom stereocenters. The number of halogens is 1. The molecule has 0 atom stereocenters. The zero-order valence-electron chi connectivity index (χ0n) is 10.6. The lowest BCUT2D eigenvalue weighted by atomic mass is 9.80. The van der Waals surface area contributed by atoms with Crippen LogP contribution in [0.5, 0.6) is 0 Å². The van der Waals surface area contributed by atoms with Gasteiger partial charge < -0.3 is 5.32 Å². The van der Waals surface area contributed by atoms with Crippen molar-refractivity contribution in [1.82, 2.24) is 15.3 Å². The average Bonchev–Trinajstić information content (AvgIpc) is 2.28. The van der Waals surface area contributed by atoms with Gasteiger partial charge in [-0.3, -0.25) is 10.1 Å². The summed E-state index contributed by atoms with van der Waals surface area (Å²) in [6.45, 7) is 5.51. The van der Waals surface area contributed by atoms with Crippen molar-refractivity contribution in [2.24, 2.45) is 5.41 Å². The van der Waals surface area contributed by atoms with Gasteiger partial charge in [-0.25, -0.2) is 9.97 Å². The molecule has 1 aromatic rings.